The number of hydrogen-bond donors (Lipinski definition) is 1. The first-order valence-electron chi connectivity index (χ1n) is 7.42. The van der Waals surface area contributed by atoms with Gasteiger partial charge in [-0.2, -0.15) is 11.8 Å². The van der Waals surface area contributed by atoms with Gasteiger partial charge in [0.1, 0.15) is 0 Å². The lowest BCUT2D eigenvalue weighted by Crippen LogP contribution is -2.52. The molecule has 1 aliphatic heterocycles. The van der Waals surface area contributed by atoms with Crippen molar-refractivity contribution in [3.63, 3.8) is 0 Å². The van der Waals surface area contributed by atoms with Crippen LogP contribution in [-0.4, -0.2) is 61.2 Å². The quantitative estimate of drug-likeness (QED) is 0.751. The van der Waals surface area contributed by atoms with Crippen LogP contribution in [0.2, 0.25) is 0 Å². The van der Waals surface area contributed by atoms with Crippen molar-refractivity contribution >= 4 is 17.7 Å². The highest BCUT2D eigenvalue weighted by Gasteiger charge is 2.34. The largest absolute Gasteiger partial charge is 0.385 e. The number of carbonyl (C=O) groups is 1. The highest BCUT2D eigenvalue weighted by molar-refractivity contribution is 8.00. The van der Waals surface area contributed by atoms with E-state index in [1.165, 1.54) is 31.4 Å². The van der Waals surface area contributed by atoms with Gasteiger partial charge in [-0.3, -0.25) is 9.69 Å². The number of amides is 1. The molecule has 110 valence electrons. The molecule has 2 fully saturated rings. The van der Waals surface area contributed by atoms with Gasteiger partial charge in [0, 0.05) is 43.9 Å². The van der Waals surface area contributed by atoms with Crippen molar-refractivity contribution in [1.29, 1.82) is 0 Å². The number of carbonyl (C=O) groups excluding carboxylic acids is 1. The number of rotatable bonds is 6. The molecule has 0 aromatic rings. The number of ether oxygens (including phenoxy) is 1. The van der Waals surface area contributed by atoms with Gasteiger partial charge in [0.2, 0.25) is 5.91 Å². The highest BCUT2D eigenvalue weighted by Crippen LogP contribution is 2.35. The fourth-order valence-electron chi connectivity index (χ4n) is 3.06. The van der Waals surface area contributed by atoms with Crippen molar-refractivity contribution in [3.8, 4) is 0 Å². The molecule has 19 heavy (non-hydrogen) atoms. The summed E-state index contributed by atoms with van der Waals surface area (Å²) in [4.78, 5) is 14.4. The Labute approximate surface area is 120 Å². The number of thioether (sulfide) groups is 1. The number of nitrogens with zero attached hydrogens (tertiary/aromatic N) is 1. The molecule has 1 amide bonds. The molecule has 1 N–H and O–H groups in total. The second-order valence-corrected chi connectivity index (χ2v) is 6.77. The fourth-order valence-corrected chi connectivity index (χ4v) is 4.56. The molecule has 1 saturated heterocycles. The Morgan fingerprint density at radius 2 is 2.26 bits per heavy atom. The Bertz CT molecular complexity index is 287. The van der Waals surface area contributed by atoms with Crippen LogP contribution in [0, 0.1) is 0 Å². The van der Waals surface area contributed by atoms with Gasteiger partial charge in [-0.15, -0.1) is 0 Å². The molecule has 1 aliphatic carbocycles. The molecule has 0 radical (unpaired) electrons. The predicted octanol–water partition coefficient (Wildman–Crippen LogP) is 1.50. The third-order valence-electron chi connectivity index (χ3n) is 4.04. The van der Waals surface area contributed by atoms with Crippen molar-refractivity contribution in [1.82, 2.24) is 10.2 Å². The molecule has 0 aromatic heterocycles. The Morgan fingerprint density at radius 3 is 3.11 bits per heavy atom. The van der Waals surface area contributed by atoms with E-state index in [0.717, 1.165) is 24.8 Å². The molecular weight excluding hydrogens is 260 g/mol. The van der Waals surface area contributed by atoms with E-state index < -0.39 is 0 Å². The summed E-state index contributed by atoms with van der Waals surface area (Å²) in [6.45, 7) is 3.08. The van der Waals surface area contributed by atoms with E-state index >= 15 is 0 Å². The van der Waals surface area contributed by atoms with E-state index in [2.05, 4.69) is 22.0 Å². The maximum absolute atomic E-state index is 11.9. The van der Waals surface area contributed by atoms with Gasteiger partial charge in [-0.1, -0.05) is 12.8 Å². The molecule has 5 heteroatoms. The van der Waals surface area contributed by atoms with E-state index in [-0.39, 0.29) is 5.91 Å². The topological polar surface area (TPSA) is 41.6 Å². The monoisotopic (exact) mass is 286 g/mol. The second-order valence-electron chi connectivity index (χ2n) is 5.43. The molecule has 1 heterocycles. The van der Waals surface area contributed by atoms with Crippen molar-refractivity contribution in [2.75, 3.05) is 39.1 Å². The minimum absolute atomic E-state index is 0.173. The zero-order valence-corrected chi connectivity index (χ0v) is 12.7. The summed E-state index contributed by atoms with van der Waals surface area (Å²) >= 11 is 2.11. The predicted molar refractivity (Wildman–Crippen MR) is 79.6 cm³/mol. The summed E-state index contributed by atoms with van der Waals surface area (Å²) in [6, 6.07) is 0.636. The molecule has 4 nitrogen and oxygen atoms in total. The van der Waals surface area contributed by atoms with Gasteiger partial charge >= 0.3 is 0 Å². The first-order valence-corrected chi connectivity index (χ1v) is 8.47. The van der Waals surface area contributed by atoms with Crippen LogP contribution in [0.1, 0.15) is 32.1 Å². The van der Waals surface area contributed by atoms with Gasteiger partial charge in [0.15, 0.2) is 0 Å². The van der Waals surface area contributed by atoms with Crippen LogP contribution >= 0.6 is 11.8 Å². The van der Waals surface area contributed by atoms with Crippen LogP contribution in [0.4, 0.5) is 0 Å². The first-order chi connectivity index (χ1) is 9.31. The number of nitrogens with one attached hydrogen (secondary N) is 1. The highest BCUT2D eigenvalue weighted by atomic mass is 32.2. The van der Waals surface area contributed by atoms with Crippen LogP contribution < -0.4 is 5.32 Å². The molecule has 2 aliphatic rings. The van der Waals surface area contributed by atoms with Crippen LogP contribution in [-0.2, 0) is 9.53 Å². The van der Waals surface area contributed by atoms with Crippen LogP contribution in [0.15, 0.2) is 0 Å². The maximum Gasteiger partial charge on any atom is 0.234 e. The van der Waals surface area contributed by atoms with Crippen molar-refractivity contribution in [3.05, 3.63) is 0 Å². The lowest BCUT2D eigenvalue weighted by molar-refractivity contribution is -0.123. The Balaban J connectivity index is 1.72. The SMILES string of the molecule is COCCCNC(=O)CN1CCS[C@@H]2CCCC[C@@H]21. The molecule has 0 spiro atoms. The molecular formula is C14H26N2O2S. The zero-order valence-electron chi connectivity index (χ0n) is 11.9. The second kappa shape index (κ2) is 8.12. The normalized spacial score (nSPS) is 27.8. The summed E-state index contributed by atoms with van der Waals surface area (Å²) in [5.74, 6) is 1.35. The molecule has 2 rings (SSSR count). The smallest absolute Gasteiger partial charge is 0.234 e. The molecule has 0 unspecified atom stereocenters. The Hall–Kier alpha value is -0.260. The zero-order chi connectivity index (χ0) is 13.5. The van der Waals surface area contributed by atoms with Crippen molar-refractivity contribution < 1.29 is 9.53 Å². The fraction of sp³-hybridized carbons (Fsp3) is 0.929. The lowest BCUT2D eigenvalue weighted by Gasteiger charge is -2.43. The van der Waals surface area contributed by atoms with Gasteiger partial charge in [0.05, 0.1) is 6.54 Å². The van der Waals surface area contributed by atoms with Gasteiger partial charge < -0.3 is 10.1 Å². The summed E-state index contributed by atoms with van der Waals surface area (Å²) in [6.07, 6.45) is 6.19. The van der Waals surface area contributed by atoms with E-state index in [1.54, 1.807) is 7.11 Å². The summed E-state index contributed by atoms with van der Waals surface area (Å²) in [5.41, 5.74) is 0. The molecule has 1 saturated carbocycles. The minimum atomic E-state index is 0.173. The van der Waals surface area contributed by atoms with Gasteiger partial charge in [-0.25, -0.2) is 0 Å². The number of hydrogen-bond acceptors (Lipinski definition) is 4. The average molecular weight is 286 g/mol. The standard InChI is InChI=1S/C14H26N2O2S/c1-18-9-4-7-15-14(17)11-16-8-10-19-13-6-3-2-5-12(13)16/h12-13H,2-11H2,1H3,(H,15,17)/t12-,13+/m0/s1. The number of fused-ring (bicyclic) bond motifs is 1. The summed E-state index contributed by atoms with van der Waals surface area (Å²) in [5, 5.41) is 3.76. The van der Waals surface area contributed by atoms with Crippen molar-refractivity contribution in [2.45, 2.75) is 43.4 Å². The molecule has 0 bridgehead atoms. The molecule has 0 aromatic carbocycles. The third kappa shape index (κ3) is 4.65. The van der Waals surface area contributed by atoms with E-state index in [0.29, 0.717) is 19.2 Å². The van der Waals surface area contributed by atoms with Crippen molar-refractivity contribution in [2.24, 2.45) is 0 Å². The van der Waals surface area contributed by atoms with Crippen LogP contribution in [0.3, 0.4) is 0 Å². The van der Waals surface area contributed by atoms with Gasteiger partial charge in [-0.05, 0) is 19.3 Å². The maximum atomic E-state index is 11.9. The van der Waals surface area contributed by atoms with Crippen LogP contribution in [0.25, 0.3) is 0 Å². The molecule has 2 atom stereocenters. The Kier molecular flexibility index (Phi) is 6.47. The third-order valence-corrected chi connectivity index (χ3v) is 5.44. The number of methoxy groups -OCH3 is 1. The average Bonchev–Trinajstić information content (AvgIpc) is 2.44. The minimum Gasteiger partial charge on any atom is -0.385 e. The first kappa shape index (κ1) is 15.1. The van der Waals surface area contributed by atoms with E-state index in [1.807, 2.05) is 0 Å². The Morgan fingerprint density at radius 1 is 1.42 bits per heavy atom. The van der Waals surface area contributed by atoms with Gasteiger partial charge in [0.25, 0.3) is 0 Å². The lowest BCUT2D eigenvalue weighted by atomic mass is 9.93. The summed E-state index contributed by atoms with van der Waals surface area (Å²) in [7, 11) is 1.69. The summed E-state index contributed by atoms with van der Waals surface area (Å²) < 4.78 is 4.98. The van der Waals surface area contributed by atoms with Crippen LogP contribution in [0.5, 0.6) is 0 Å². The van der Waals surface area contributed by atoms with E-state index in [4.69, 9.17) is 4.74 Å². The van der Waals surface area contributed by atoms with E-state index in [9.17, 15) is 4.79 Å².